The van der Waals surface area contributed by atoms with E-state index >= 15 is 0 Å². The van der Waals surface area contributed by atoms with Crippen LogP contribution in [0.2, 0.25) is 0 Å². The summed E-state index contributed by atoms with van der Waals surface area (Å²) in [4.78, 5) is 18.5. The van der Waals surface area contributed by atoms with Gasteiger partial charge in [-0.1, -0.05) is 11.8 Å². The minimum atomic E-state index is 0.240. The van der Waals surface area contributed by atoms with Crippen molar-refractivity contribution in [1.82, 2.24) is 24.5 Å². The Morgan fingerprint density at radius 1 is 1.33 bits per heavy atom. The predicted octanol–water partition coefficient (Wildman–Crippen LogP) is 0.546. The molecule has 0 atom stereocenters. The number of aryl methyl sites for hydroxylation is 1. The van der Waals surface area contributed by atoms with Crippen LogP contribution in [0.5, 0.6) is 0 Å². The van der Waals surface area contributed by atoms with Crippen LogP contribution in [0.1, 0.15) is 5.82 Å². The van der Waals surface area contributed by atoms with E-state index in [1.165, 1.54) is 0 Å². The largest absolute Gasteiger partial charge is 0.368 e. The minimum Gasteiger partial charge on any atom is -0.368 e. The molecule has 0 aliphatic rings. The normalized spacial score (nSPS) is 10.6. The molecule has 2 N–H and O–H groups in total. The Kier molecular flexibility index (Phi) is 3.66. The number of aromatic nitrogens is 5. The average molecular weight is 265 g/mol. The third kappa shape index (κ3) is 2.89. The summed E-state index contributed by atoms with van der Waals surface area (Å²) >= 11 is 1.56. The molecule has 8 heteroatoms. The zero-order valence-corrected chi connectivity index (χ0v) is 11.3. The van der Waals surface area contributed by atoms with Gasteiger partial charge in [0, 0.05) is 33.5 Å². The zero-order valence-electron chi connectivity index (χ0n) is 10.5. The SMILES string of the molecule is CN(C)c1nc(N)nc(CSc2nccn2C)n1. The van der Waals surface area contributed by atoms with Gasteiger partial charge in [-0.25, -0.2) is 4.98 Å². The summed E-state index contributed by atoms with van der Waals surface area (Å²) < 4.78 is 1.95. The summed E-state index contributed by atoms with van der Waals surface area (Å²) in [5, 5.41) is 0.917. The summed E-state index contributed by atoms with van der Waals surface area (Å²) in [6, 6.07) is 0. The Hall–Kier alpha value is -1.83. The lowest BCUT2D eigenvalue weighted by Crippen LogP contribution is -2.16. The number of anilines is 2. The molecule has 0 aliphatic heterocycles. The van der Waals surface area contributed by atoms with E-state index in [-0.39, 0.29) is 5.95 Å². The van der Waals surface area contributed by atoms with Gasteiger partial charge in [-0.05, 0) is 0 Å². The van der Waals surface area contributed by atoms with E-state index in [0.717, 1.165) is 5.16 Å². The van der Waals surface area contributed by atoms with Crippen molar-refractivity contribution in [3.05, 3.63) is 18.2 Å². The van der Waals surface area contributed by atoms with E-state index in [0.29, 0.717) is 17.5 Å². The van der Waals surface area contributed by atoms with Crippen LogP contribution in [0.15, 0.2) is 17.6 Å². The molecule has 0 bridgehead atoms. The number of nitrogens with two attached hydrogens (primary N) is 1. The summed E-state index contributed by atoms with van der Waals surface area (Å²) in [5.41, 5.74) is 5.66. The van der Waals surface area contributed by atoms with Crippen LogP contribution in [0.25, 0.3) is 0 Å². The molecule has 2 aromatic rings. The highest BCUT2D eigenvalue weighted by atomic mass is 32.2. The van der Waals surface area contributed by atoms with Crippen LogP contribution in [0, 0.1) is 0 Å². The summed E-state index contributed by atoms with van der Waals surface area (Å²) in [5.74, 6) is 2.07. The van der Waals surface area contributed by atoms with Gasteiger partial charge in [-0.3, -0.25) is 0 Å². The Labute approximate surface area is 109 Å². The van der Waals surface area contributed by atoms with Gasteiger partial charge < -0.3 is 15.2 Å². The molecule has 0 unspecified atom stereocenters. The fraction of sp³-hybridized carbons (Fsp3) is 0.400. The lowest BCUT2D eigenvalue weighted by molar-refractivity contribution is 0.788. The van der Waals surface area contributed by atoms with Crippen LogP contribution in [0.3, 0.4) is 0 Å². The average Bonchev–Trinajstić information content (AvgIpc) is 2.71. The lowest BCUT2D eigenvalue weighted by Gasteiger charge is -2.11. The van der Waals surface area contributed by atoms with E-state index in [1.807, 2.05) is 31.9 Å². The Bertz CT molecular complexity index is 537. The molecule has 0 saturated heterocycles. The number of rotatable bonds is 4. The van der Waals surface area contributed by atoms with Crippen LogP contribution in [0.4, 0.5) is 11.9 Å². The second kappa shape index (κ2) is 5.21. The molecule has 0 fully saturated rings. The van der Waals surface area contributed by atoms with Gasteiger partial charge in [0.25, 0.3) is 0 Å². The lowest BCUT2D eigenvalue weighted by atomic mass is 10.6. The van der Waals surface area contributed by atoms with Crippen molar-refractivity contribution in [2.75, 3.05) is 24.7 Å². The minimum absolute atomic E-state index is 0.240. The molecule has 0 aliphatic carbocycles. The second-order valence-corrected chi connectivity index (χ2v) is 4.86. The Balaban J connectivity index is 2.12. The molecule has 7 nitrogen and oxygen atoms in total. The standard InChI is InChI=1S/C10H15N7S/c1-16(2)9-14-7(13-8(11)15-9)6-18-10-12-4-5-17(10)3/h4-5H,6H2,1-3H3,(H2,11,13,14,15). The second-order valence-electron chi connectivity index (χ2n) is 3.91. The Morgan fingerprint density at radius 3 is 2.72 bits per heavy atom. The van der Waals surface area contributed by atoms with E-state index in [2.05, 4.69) is 19.9 Å². The van der Waals surface area contributed by atoms with Gasteiger partial charge in [0.15, 0.2) is 5.16 Å². The predicted molar refractivity (Wildman–Crippen MR) is 71.3 cm³/mol. The highest BCUT2D eigenvalue weighted by Gasteiger charge is 2.08. The van der Waals surface area contributed by atoms with Gasteiger partial charge in [-0.2, -0.15) is 15.0 Å². The molecule has 2 rings (SSSR count). The van der Waals surface area contributed by atoms with Gasteiger partial charge in [0.05, 0.1) is 5.75 Å². The molecule has 0 aromatic carbocycles. The molecule has 2 aromatic heterocycles. The first kappa shape index (κ1) is 12.6. The van der Waals surface area contributed by atoms with Gasteiger partial charge in [0.1, 0.15) is 5.82 Å². The molecule has 0 saturated carbocycles. The molecule has 96 valence electrons. The van der Waals surface area contributed by atoms with Crippen molar-refractivity contribution in [2.24, 2.45) is 7.05 Å². The van der Waals surface area contributed by atoms with E-state index in [1.54, 1.807) is 22.9 Å². The van der Waals surface area contributed by atoms with Crippen molar-refractivity contribution >= 4 is 23.7 Å². The van der Waals surface area contributed by atoms with Crippen molar-refractivity contribution in [1.29, 1.82) is 0 Å². The number of thioether (sulfide) groups is 1. The first-order valence-electron chi connectivity index (χ1n) is 5.34. The molecule has 18 heavy (non-hydrogen) atoms. The maximum Gasteiger partial charge on any atom is 0.229 e. The van der Waals surface area contributed by atoms with Crippen molar-refractivity contribution in [2.45, 2.75) is 10.9 Å². The van der Waals surface area contributed by atoms with Crippen LogP contribution < -0.4 is 10.6 Å². The van der Waals surface area contributed by atoms with Crippen molar-refractivity contribution in [3.63, 3.8) is 0 Å². The molecular weight excluding hydrogens is 250 g/mol. The Morgan fingerprint density at radius 2 is 2.11 bits per heavy atom. The number of hydrogen-bond donors (Lipinski definition) is 1. The molecular formula is C10H15N7S. The van der Waals surface area contributed by atoms with Gasteiger partial charge >= 0.3 is 0 Å². The van der Waals surface area contributed by atoms with Gasteiger partial charge in [0.2, 0.25) is 11.9 Å². The van der Waals surface area contributed by atoms with E-state index in [4.69, 9.17) is 5.73 Å². The quantitative estimate of drug-likeness (QED) is 0.808. The molecule has 2 heterocycles. The topological polar surface area (TPSA) is 85.8 Å². The third-order valence-corrected chi connectivity index (χ3v) is 3.25. The monoisotopic (exact) mass is 265 g/mol. The van der Waals surface area contributed by atoms with E-state index < -0.39 is 0 Å². The highest BCUT2D eigenvalue weighted by molar-refractivity contribution is 7.98. The summed E-state index contributed by atoms with van der Waals surface area (Å²) in [7, 11) is 5.68. The van der Waals surface area contributed by atoms with Crippen LogP contribution in [-0.2, 0) is 12.8 Å². The number of imidazole rings is 1. The maximum absolute atomic E-state index is 5.66. The third-order valence-electron chi connectivity index (χ3n) is 2.19. The summed E-state index contributed by atoms with van der Waals surface area (Å²) in [6.45, 7) is 0. The zero-order chi connectivity index (χ0) is 13.1. The fourth-order valence-corrected chi connectivity index (χ4v) is 2.10. The molecule has 0 radical (unpaired) electrons. The number of nitrogen functional groups attached to an aromatic ring is 1. The molecule has 0 amide bonds. The van der Waals surface area contributed by atoms with Crippen molar-refractivity contribution < 1.29 is 0 Å². The van der Waals surface area contributed by atoms with E-state index in [9.17, 15) is 0 Å². The maximum atomic E-state index is 5.66. The fourth-order valence-electron chi connectivity index (χ4n) is 1.31. The first-order valence-corrected chi connectivity index (χ1v) is 6.32. The van der Waals surface area contributed by atoms with Crippen LogP contribution >= 0.6 is 11.8 Å². The van der Waals surface area contributed by atoms with Crippen molar-refractivity contribution in [3.8, 4) is 0 Å². The van der Waals surface area contributed by atoms with Gasteiger partial charge in [-0.15, -0.1) is 0 Å². The highest BCUT2D eigenvalue weighted by Crippen LogP contribution is 2.19. The summed E-state index contributed by atoms with van der Waals surface area (Å²) in [6.07, 6.45) is 3.66. The number of hydrogen-bond acceptors (Lipinski definition) is 7. The first-order chi connectivity index (χ1) is 8.56. The van der Waals surface area contributed by atoms with Crippen LogP contribution in [-0.4, -0.2) is 38.6 Å². The molecule has 0 spiro atoms. The number of nitrogens with zero attached hydrogens (tertiary/aromatic N) is 6. The smallest absolute Gasteiger partial charge is 0.229 e.